The van der Waals surface area contributed by atoms with Crippen molar-refractivity contribution in [2.24, 2.45) is 0 Å². The molecule has 2 aromatic heterocycles. The number of furan rings is 1. The van der Waals surface area contributed by atoms with Crippen LogP contribution >= 0.6 is 11.3 Å². The highest BCUT2D eigenvalue weighted by Gasteiger charge is 2.20. The van der Waals surface area contributed by atoms with Gasteiger partial charge in [-0.2, -0.15) is 4.72 Å². The first kappa shape index (κ1) is 19.9. The molecule has 0 bridgehead atoms. The van der Waals surface area contributed by atoms with Crippen LogP contribution in [0.15, 0.2) is 69.5 Å². The second-order valence-electron chi connectivity index (χ2n) is 5.87. The SMILES string of the molecule is C#CCNS(=O)(=O)c1ccc(C(=O)N(Cc2ccco2)Cc2cccs2)cc1. The molecule has 1 amide bonds. The van der Waals surface area contributed by atoms with Gasteiger partial charge in [-0.25, -0.2) is 8.42 Å². The van der Waals surface area contributed by atoms with Crippen molar-refractivity contribution in [2.75, 3.05) is 6.54 Å². The monoisotopic (exact) mass is 414 g/mol. The van der Waals surface area contributed by atoms with E-state index in [1.165, 1.54) is 24.3 Å². The van der Waals surface area contributed by atoms with Crippen LogP contribution in [0.1, 0.15) is 21.0 Å². The molecule has 0 aliphatic rings. The van der Waals surface area contributed by atoms with Crippen molar-refractivity contribution in [1.29, 1.82) is 0 Å². The molecule has 0 saturated carbocycles. The Morgan fingerprint density at radius 3 is 2.54 bits per heavy atom. The lowest BCUT2D eigenvalue weighted by molar-refractivity contribution is 0.0719. The third kappa shape index (κ3) is 4.89. The number of hydrogen-bond donors (Lipinski definition) is 1. The van der Waals surface area contributed by atoms with E-state index in [0.717, 1.165) is 4.88 Å². The van der Waals surface area contributed by atoms with E-state index in [1.54, 1.807) is 28.6 Å². The van der Waals surface area contributed by atoms with Gasteiger partial charge in [-0.15, -0.1) is 17.8 Å². The van der Waals surface area contributed by atoms with E-state index in [0.29, 0.717) is 24.4 Å². The second kappa shape index (κ2) is 8.89. The molecule has 0 saturated heterocycles. The summed E-state index contributed by atoms with van der Waals surface area (Å²) in [7, 11) is -3.70. The average molecular weight is 415 g/mol. The first-order valence-electron chi connectivity index (χ1n) is 8.37. The van der Waals surface area contributed by atoms with Crippen molar-refractivity contribution in [3.05, 3.63) is 76.4 Å². The van der Waals surface area contributed by atoms with E-state index in [2.05, 4.69) is 10.6 Å². The third-order valence-corrected chi connectivity index (χ3v) is 6.19. The van der Waals surface area contributed by atoms with Gasteiger partial charge in [-0.05, 0) is 47.8 Å². The Balaban J connectivity index is 1.81. The maximum absolute atomic E-state index is 13.0. The molecular weight excluding hydrogens is 396 g/mol. The standard InChI is InChI=1S/C20H18N2O4S2/c1-2-11-21-28(24,25)19-9-7-16(8-10-19)20(23)22(14-17-5-3-12-26-17)15-18-6-4-13-27-18/h1,3-10,12-13,21H,11,14-15H2. The zero-order chi connectivity index (χ0) is 20.0. The summed E-state index contributed by atoms with van der Waals surface area (Å²) in [4.78, 5) is 15.8. The number of sulfonamides is 1. The summed E-state index contributed by atoms with van der Waals surface area (Å²) in [5, 5.41) is 1.95. The Hall–Kier alpha value is -2.86. The predicted molar refractivity (Wildman–Crippen MR) is 107 cm³/mol. The fraction of sp³-hybridized carbons (Fsp3) is 0.150. The van der Waals surface area contributed by atoms with Crippen LogP contribution in [0.2, 0.25) is 0 Å². The van der Waals surface area contributed by atoms with Gasteiger partial charge in [0.15, 0.2) is 0 Å². The number of nitrogens with zero attached hydrogens (tertiary/aromatic N) is 1. The summed E-state index contributed by atoms with van der Waals surface area (Å²) >= 11 is 1.56. The molecule has 1 aromatic carbocycles. The molecule has 3 aromatic rings. The Morgan fingerprint density at radius 2 is 1.93 bits per heavy atom. The summed E-state index contributed by atoms with van der Waals surface area (Å²) in [6.07, 6.45) is 6.65. The zero-order valence-electron chi connectivity index (χ0n) is 14.9. The molecule has 6 nitrogen and oxygen atoms in total. The van der Waals surface area contributed by atoms with Gasteiger partial charge in [-0.3, -0.25) is 4.79 Å². The Bertz CT molecular complexity index is 1010. The smallest absolute Gasteiger partial charge is 0.254 e. The summed E-state index contributed by atoms with van der Waals surface area (Å²) in [5.41, 5.74) is 0.388. The number of carbonyl (C=O) groups excluding carboxylic acids is 1. The summed E-state index contributed by atoms with van der Waals surface area (Å²) < 4.78 is 31.9. The van der Waals surface area contributed by atoms with Gasteiger partial charge in [0.1, 0.15) is 5.76 Å². The van der Waals surface area contributed by atoms with Gasteiger partial charge in [0.05, 0.1) is 30.8 Å². The highest BCUT2D eigenvalue weighted by Crippen LogP contribution is 2.19. The minimum absolute atomic E-state index is 0.0511. The minimum Gasteiger partial charge on any atom is -0.467 e. The van der Waals surface area contributed by atoms with Crippen molar-refractivity contribution in [3.63, 3.8) is 0 Å². The van der Waals surface area contributed by atoms with Gasteiger partial charge >= 0.3 is 0 Å². The number of carbonyl (C=O) groups is 1. The van der Waals surface area contributed by atoms with E-state index in [-0.39, 0.29) is 17.3 Å². The molecule has 0 aliphatic heterocycles. The van der Waals surface area contributed by atoms with Crippen LogP contribution in [0.3, 0.4) is 0 Å². The number of amides is 1. The fourth-order valence-corrected chi connectivity index (χ4v) is 4.21. The van der Waals surface area contributed by atoms with Crippen molar-refractivity contribution < 1.29 is 17.6 Å². The van der Waals surface area contributed by atoms with Crippen molar-refractivity contribution in [2.45, 2.75) is 18.0 Å². The lowest BCUT2D eigenvalue weighted by Gasteiger charge is -2.21. The molecule has 3 rings (SSSR count). The van der Waals surface area contributed by atoms with Gasteiger partial charge in [0.25, 0.3) is 5.91 Å². The van der Waals surface area contributed by atoms with Gasteiger partial charge in [-0.1, -0.05) is 12.0 Å². The van der Waals surface area contributed by atoms with Crippen LogP contribution in [0.25, 0.3) is 0 Å². The Morgan fingerprint density at radius 1 is 1.14 bits per heavy atom. The maximum Gasteiger partial charge on any atom is 0.254 e. The van der Waals surface area contributed by atoms with Crippen LogP contribution in [0, 0.1) is 12.3 Å². The molecule has 0 unspecified atom stereocenters. The van der Waals surface area contributed by atoms with Crippen LogP contribution in [-0.4, -0.2) is 25.8 Å². The van der Waals surface area contributed by atoms with Gasteiger partial charge < -0.3 is 9.32 Å². The van der Waals surface area contributed by atoms with Crippen LogP contribution in [-0.2, 0) is 23.1 Å². The average Bonchev–Trinajstić information content (AvgIpc) is 3.40. The predicted octanol–water partition coefficient (Wildman–Crippen LogP) is 3.10. The molecule has 1 N–H and O–H groups in total. The van der Waals surface area contributed by atoms with E-state index in [4.69, 9.17) is 10.8 Å². The first-order chi connectivity index (χ1) is 13.5. The lowest BCUT2D eigenvalue weighted by Crippen LogP contribution is -2.30. The summed E-state index contributed by atoms with van der Waals surface area (Å²) in [5.74, 6) is 2.67. The van der Waals surface area contributed by atoms with Gasteiger partial charge in [0.2, 0.25) is 10.0 Å². The molecule has 144 valence electrons. The van der Waals surface area contributed by atoms with Crippen LogP contribution in [0.4, 0.5) is 0 Å². The minimum atomic E-state index is -3.70. The molecule has 28 heavy (non-hydrogen) atoms. The van der Waals surface area contributed by atoms with Crippen LogP contribution < -0.4 is 4.72 Å². The molecular formula is C20H18N2O4S2. The Labute approximate surface area is 167 Å². The number of nitrogens with one attached hydrogen (secondary N) is 1. The molecule has 0 fully saturated rings. The molecule has 2 heterocycles. The molecule has 0 spiro atoms. The molecule has 8 heteroatoms. The fourth-order valence-electron chi connectivity index (χ4n) is 2.56. The highest BCUT2D eigenvalue weighted by atomic mass is 32.2. The number of hydrogen-bond acceptors (Lipinski definition) is 5. The number of benzene rings is 1. The molecule has 0 radical (unpaired) electrons. The normalized spacial score (nSPS) is 11.1. The quantitative estimate of drug-likeness (QED) is 0.575. The van der Waals surface area contributed by atoms with Crippen molar-refractivity contribution in [3.8, 4) is 12.3 Å². The number of rotatable bonds is 8. The van der Waals surface area contributed by atoms with E-state index in [9.17, 15) is 13.2 Å². The van der Waals surface area contributed by atoms with Crippen molar-refractivity contribution in [1.82, 2.24) is 9.62 Å². The highest BCUT2D eigenvalue weighted by molar-refractivity contribution is 7.89. The lowest BCUT2D eigenvalue weighted by atomic mass is 10.2. The van der Waals surface area contributed by atoms with E-state index < -0.39 is 10.0 Å². The topological polar surface area (TPSA) is 79.6 Å². The molecule has 0 aliphatic carbocycles. The number of thiophene rings is 1. The largest absolute Gasteiger partial charge is 0.467 e. The zero-order valence-corrected chi connectivity index (χ0v) is 16.5. The second-order valence-corrected chi connectivity index (χ2v) is 8.67. The van der Waals surface area contributed by atoms with E-state index in [1.807, 2.05) is 23.6 Å². The van der Waals surface area contributed by atoms with Crippen LogP contribution in [0.5, 0.6) is 0 Å². The third-order valence-electron chi connectivity index (χ3n) is 3.92. The Kier molecular flexibility index (Phi) is 6.31. The van der Waals surface area contributed by atoms with E-state index >= 15 is 0 Å². The summed E-state index contributed by atoms with van der Waals surface area (Å²) in [6, 6.07) is 13.2. The van der Waals surface area contributed by atoms with Crippen molar-refractivity contribution >= 4 is 27.3 Å². The van der Waals surface area contributed by atoms with Gasteiger partial charge in [0, 0.05) is 10.4 Å². The number of terminal acetylenes is 1. The molecule has 0 atom stereocenters. The first-order valence-corrected chi connectivity index (χ1v) is 10.7. The maximum atomic E-state index is 13.0. The summed E-state index contributed by atoms with van der Waals surface area (Å²) in [6.45, 7) is 0.648.